The number of aromatic nitrogens is 1. The maximum Gasteiger partial charge on any atom is 0.267 e. The number of benzene rings is 1. The molecule has 1 atom stereocenters. The lowest BCUT2D eigenvalue weighted by atomic mass is 10.1. The summed E-state index contributed by atoms with van der Waals surface area (Å²) >= 11 is 0. The Morgan fingerprint density at radius 2 is 1.84 bits per heavy atom. The van der Waals surface area contributed by atoms with Gasteiger partial charge in [-0.1, -0.05) is 24.3 Å². The number of carbonyl (C=O) groups excluding carboxylic acids is 2. The van der Waals surface area contributed by atoms with Crippen LogP contribution in [0.4, 0.5) is 11.5 Å². The maximum absolute atomic E-state index is 12.8. The van der Waals surface area contributed by atoms with Gasteiger partial charge in [-0.05, 0) is 25.2 Å². The number of nitrogens with one attached hydrogen (secondary N) is 1. The second-order valence-corrected chi connectivity index (χ2v) is 7.81. The van der Waals surface area contributed by atoms with Crippen molar-refractivity contribution in [3.63, 3.8) is 0 Å². The number of nitrogens with zero attached hydrogens (tertiary/aromatic N) is 5. The van der Waals surface area contributed by atoms with Gasteiger partial charge in [0.05, 0.1) is 5.69 Å². The Bertz CT molecular complexity index is 971. The molecule has 31 heavy (non-hydrogen) atoms. The number of hydrogen-bond donors (Lipinski definition) is 2. The average Bonchev–Trinajstić information content (AvgIpc) is 3.25. The molecule has 9 nitrogen and oxygen atoms in total. The second kappa shape index (κ2) is 9.13. The summed E-state index contributed by atoms with van der Waals surface area (Å²) in [5.41, 5.74) is 7.52. The molecule has 0 bridgehead atoms. The van der Waals surface area contributed by atoms with Gasteiger partial charge in [0, 0.05) is 50.9 Å². The quantitative estimate of drug-likeness (QED) is 0.706. The average molecular weight is 422 g/mol. The molecule has 162 valence electrons. The minimum atomic E-state index is -0.678. The van der Waals surface area contributed by atoms with Gasteiger partial charge < -0.3 is 20.9 Å². The number of amides is 2. The van der Waals surface area contributed by atoms with E-state index in [0.717, 1.165) is 43.2 Å². The van der Waals surface area contributed by atoms with Gasteiger partial charge in [-0.25, -0.2) is 4.98 Å². The molecule has 1 fully saturated rings. The number of nitrogens with two attached hydrogens (primary N) is 1. The zero-order chi connectivity index (χ0) is 21.8. The Balaban J connectivity index is 1.45. The first kappa shape index (κ1) is 20.8. The summed E-state index contributed by atoms with van der Waals surface area (Å²) in [7, 11) is 2.11. The third-order valence-corrected chi connectivity index (χ3v) is 5.63. The molecule has 1 unspecified atom stereocenters. The van der Waals surface area contributed by atoms with E-state index in [4.69, 9.17) is 5.73 Å². The predicted molar refractivity (Wildman–Crippen MR) is 120 cm³/mol. The summed E-state index contributed by atoms with van der Waals surface area (Å²) in [4.78, 5) is 33.8. The fraction of sp³-hybridized carbons (Fsp3) is 0.364. The minimum absolute atomic E-state index is 0.175. The zero-order valence-corrected chi connectivity index (χ0v) is 17.6. The summed E-state index contributed by atoms with van der Waals surface area (Å²) < 4.78 is 0. The molecule has 2 aliphatic rings. The Morgan fingerprint density at radius 1 is 1.10 bits per heavy atom. The van der Waals surface area contributed by atoms with Crippen LogP contribution in [-0.4, -0.2) is 66.7 Å². The number of anilines is 2. The number of primary amides is 1. The Hall–Kier alpha value is -3.46. The number of hydrogen-bond acceptors (Lipinski definition) is 7. The highest BCUT2D eigenvalue weighted by Gasteiger charge is 2.35. The molecule has 1 aromatic heterocycles. The molecule has 2 amide bonds. The highest BCUT2D eigenvalue weighted by atomic mass is 16.2. The normalized spacial score (nSPS) is 19.3. The molecule has 9 heteroatoms. The molecule has 4 rings (SSSR count). The Labute approximate surface area is 181 Å². The van der Waals surface area contributed by atoms with Crippen LogP contribution in [0, 0.1) is 0 Å². The number of piperazine rings is 1. The number of likely N-dealkylation sites (N-methyl/N-ethyl adjacent to an activating group) is 1. The van der Waals surface area contributed by atoms with Crippen LogP contribution in [0.5, 0.6) is 0 Å². The van der Waals surface area contributed by atoms with Crippen LogP contribution >= 0.6 is 0 Å². The third-order valence-electron chi connectivity index (χ3n) is 5.63. The fourth-order valence-corrected chi connectivity index (χ4v) is 3.84. The molecule has 3 heterocycles. The smallest absolute Gasteiger partial charge is 0.267 e. The molecule has 1 saturated heterocycles. The lowest BCUT2D eigenvalue weighted by Gasteiger charge is -2.34. The van der Waals surface area contributed by atoms with Gasteiger partial charge >= 0.3 is 0 Å². The minimum Gasteiger partial charge on any atom is -0.368 e. The fourth-order valence-electron chi connectivity index (χ4n) is 3.84. The SMILES string of the molecule is CN1CCN(c2ncccc2CNC(=O)C2=NN(c3ccccc3)C(C(N)=O)C2)CC1. The van der Waals surface area contributed by atoms with Crippen molar-refractivity contribution < 1.29 is 9.59 Å². The number of carbonyl (C=O) groups is 2. The molecule has 0 radical (unpaired) electrons. The van der Waals surface area contributed by atoms with E-state index >= 15 is 0 Å². The molecule has 3 N–H and O–H groups in total. The van der Waals surface area contributed by atoms with Crippen molar-refractivity contribution in [3.05, 3.63) is 54.2 Å². The van der Waals surface area contributed by atoms with E-state index in [2.05, 4.69) is 32.2 Å². The van der Waals surface area contributed by atoms with Gasteiger partial charge in [-0.3, -0.25) is 14.6 Å². The van der Waals surface area contributed by atoms with E-state index in [-0.39, 0.29) is 18.0 Å². The molecular weight excluding hydrogens is 394 g/mol. The van der Waals surface area contributed by atoms with E-state index in [1.807, 2.05) is 42.5 Å². The van der Waals surface area contributed by atoms with Gasteiger partial charge in [0.15, 0.2) is 0 Å². The van der Waals surface area contributed by atoms with Gasteiger partial charge in [0.2, 0.25) is 5.91 Å². The van der Waals surface area contributed by atoms with E-state index in [0.29, 0.717) is 6.54 Å². The first-order valence-electron chi connectivity index (χ1n) is 10.4. The van der Waals surface area contributed by atoms with Crippen molar-refractivity contribution >= 4 is 29.0 Å². The number of rotatable bonds is 6. The first-order chi connectivity index (χ1) is 15.0. The van der Waals surface area contributed by atoms with Crippen LogP contribution in [-0.2, 0) is 16.1 Å². The monoisotopic (exact) mass is 421 g/mol. The maximum atomic E-state index is 12.8. The van der Waals surface area contributed by atoms with Crippen LogP contribution in [0.25, 0.3) is 0 Å². The van der Waals surface area contributed by atoms with Gasteiger partial charge in [-0.15, -0.1) is 0 Å². The van der Waals surface area contributed by atoms with Crippen LogP contribution in [0.3, 0.4) is 0 Å². The number of hydrazone groups is 1. The highest BCUT2D eigenvalue weighted by molar-refractivity contribution is 6.40. The Morgan fingerprint density at radius 3 is 2.55 bits per heavy atom. The van der Waals surface area contributed by atoms with Crippen molar-refractivity contribution in [2.75, 3.05) is 43.1 Å². The third kappa shape index (κ3) is 4.66. The number of para-hydroxylation sites is 1. The molecular formula is C22H27N7O2. The summed E-state index contributed by atoms with van der Waals surface area (Å²) in [6.07, 6.45) is 1.95. The van der Waals surface area contributed by atoms with Gasteiger partial charge in [0.25, 0.3) is 5.91 Å². The van der Waals surface area contributed by atoms with Crippen molar-refractivity contribution in [2.24, 2.45) is 10.8 Å². The topological polar surface area (TPSA) is 107 Å². The van der Waals surface area contributed by atoms with Crippen LogP contribution < -0.4 is 21.0 Å². The largest absolute Gasteiger partial charge is 0.368 e. The summed E-state index contributed by atoms with van der Waals surface area (Å²) in [6.45, 7) is 4.08. The van der Waals surface area contributed by atoms with Gasteiger partial charge in [0.1, 0.15) is 17.6 Å². The van der Waals surface area contributed by atoms with Crippen LogP contribution in [0.1, 0.15) is 12.0 Å². The number of pyridine rings is 1. The van der Waals surface area contributed by atoms with Crippen molar-refractivity contribution in [2.45, 2.75) is 19.0 Å². The molecule has 1 aromatic carbocycles. The van der Waals surface area contributed by atoms with E-state index < -0.39 is 11.9 Å². The first-order valence-corrected chi connectivity index (χ1v) is 10.4. The zero-order valence-electron chi connectivity index (χ0n) is 17.6. The van der Waals surface area contributed by atoms with E-state index in [1.165, 1.54) is 5.01 Å². The van der Waals surface area contributed by atoms with Crippen molar-refractivity contribution in [1.29, 1.82) is 0 Å². The van der Waals surface area contributed by atoms with E-state index in [1.54, 1.807) is 6.20 Å². The van der Waals surface area contributed by atoms with Gasteiger partial charge in [-0.2, -0.15) is 5.10 Å². The summed E-state index contributed by atoms with van der Waals surface area (Å²) in [6, 6.07) is 12.4. The second-order valence-electron chi connectivity index (χ2n) is 7.81. The molecule has 0 aliphatic carbocycles. The molecule has 0 saturated carbocycles. The lowest BCUT2D eigenvalue weighted by molar-refractivity contribution is -0.119. The summed E-state index contributed by atoms with van der Waals surface area (Å²) in [5, 5.41) is 8.86. The Kier molecular flexibility index (Phi) is 6.13. The van der Waals surface area contributed by atoms with E-state index in [9.17, 15) is 9.59 Å². The molecule has 0 spiro atoms. The van der Waals surface area contributed by atoms with Crippen LogP contribution in [0.15, 0.2) is 53.8 Å². The van der Waals surface area contributed by atoms with Crippen LogP contribution in [0.2, 0.25) is 0 Å². The highest BCUT2D eigenvalue weighted by Crippen LogP contribution is 2.24. The predicted octanol–water partition coefficient (Wildman–Crippen LogP) is 0.570. The van der Waals surface area contributed by atoms with Crippen molar-refractivity contribution in [1.82, 2.24) is 15.2 Å². The summed E-state index contributed by atoms with van der Waals surface area (Å²) in [5.74, 6) is 0.0723. The molecule has 2 aliphatic heterocycles. The lowest BCUT2D eigenvalue weighted by Crippen LogP contribution is -2.45. The molecule has 2 aromatic rings. The standard InChI is InChI=1S/C22H27N7O2/c1-27-10-12-28(13-11-27)21-16(6-5-9-24-21)15-25-22(31)18-14-19(20(23)30)29(26-18)17-7-3-2-4-8-17/h2-9,19H,10-15H2,1H3,(H2,23,30)(H,25,31). The van der Waals surface area contributed by atoms with Crippen molar-refractivity contribution in [3.8, 4) is 0 Å².